The SMILES string of the molecule is CCN(CC)C(=O)c1ccnc(Nc2ccccc2)n1. The quantitative estimate of drug-likeness (QED) is 0.907. The third-order valence-electron chi connectivity index (χ3n) is 2.96. The lowest BCUT2D eigenvalue weighted by molar-refractivity contribution is 0.0767. The van der Waals surface area contributed by atoms with Crippen molar-refractivity contribution in [1.82, 2.24) is 14.9 Å². The van der Waals surface area contributed by atoms with Gasteiger partial charge in [-0.1, -0.05) is 18.2 Å². The molecule has 0 aliphatic carbocycles. The van der Waals surface area contributed by atoms with Crippen LogP contribution >= 0.6 is 0 Å². The molecule has 0 unspecified atom stereocenters. The van der Waals surface area contributed by atoms with Crippen molar-refractivity contribution in [3.05, 3.63) is 48.3 Å². The van der Waals surface area contributed by atoms with Crippen molar-refractivity contribution in [3.63, 3.8) is 0 Å². The summed E-state index contributed by atoms with van der Waals surface area (Å²) in [6.45, 7) is 5.24. The maximum absolute atomic E-state index is 12.2. The number of carbonyl (C=O) groups excluding carboxylic acids is 1. The second-order valence-electron chi connectivity index (χ2n) is 4.23. The van der Waals surface area contributed by atoms with E-state index >= 15 is 0 Å². The first-order chi connectivity index (χ1) is 9.74. The summed E-state index contributed by atoms with van der Waals surface area (Å²) in [6, 6.07) is 11.3. The van der Waals surface area contributed by atoms with Crippen molar-refractivity contribution in [1.29, 1.82) is 0 Å². The molecule has 5 nitrogen and oxygen atoms in total. The molecular weight excluding hydrogens is 252 g/mol. The van der Waals surface area contributed by atoms with Gasteiger partial charge in [-0.2, -0.15) is 0 Å². The van der Waals surface area contributed by atoms with E-state index in [2.05, 4.69) is 15.3 Å². The van der Waals surface area contributed by atoms with E-state index in [0.717, 1.165) is 5.69 Å². The van der Waals surface area contributed by atoms with Gasteiger partial charge in [-0.25, -0.2) is 9.97 Å². The monoisotopic (exact) mass is 270 g/mol. The number of benzene rings is 1. The molecule has 0 saturated heterocycles. The molecule has 1 N–H and O–H groups in total. The molecule has 2 aromatic rings. The summed E-state index contributed by atoms with van der Waals surface area (Å²) < 4.78 is 0. The number of nitrogens with one attached hydrogen (secondary N) is 1. The van der Waals surface area contributed by atoms with E-state index in [1.807, 2.05) is 44.2 Å². The van der Waals surface area contributed by atoms with E-state index in [4.69, 9.17) is 0 Å². The van der Waals surface area contributed by atoms with Gasteiger partial charge in [0.25, 0.3) is 5.91 Å². The summed E-state index contributed by atoms with van der Waals surface area (Å²) in [6.07, 6.45) is 1.59. The van der Waals surface area contributed by atoms with Crippen LogP contribution in [0.3, 0.4) is 0 Å². The topological polar surface area (TPSA) is 58.1 Å². The maximum Gasteiger partial charge on any atom is 0.272 e. The Balaban J connectivity index is 2.18. The lowest BCUT2D eigenvalue weighted by Gasteiger charge is -2.18. The second kappa shape index (κ2) is 6.65. The maximum atomic E-state index is 12.2. The van der Waals surface area contributed by atoms with Crippen LogP contribution in [0.4, 0.5) is 11.6 Å². The molecule has 1 amide bonds. The van der Waals surface area contributed by atoms with Gasteiger partial charge in [0.05, 0.1) is 0 Å². The van der Waals surface area contributed by atoms with Gasteiger partial charge in [-0.15, -0.1) is 0 Å². The normalized spacial score (nSPS) is 10.1. The summed E-state index contributed by atoms with van der Waals surface area (Å²) in [5.74, 6) is 0.350. The standard InChI is InChI=1S/C15H18N4O/c1-3-19(4-2)14(20)13-10-11-16-15(18-13)17-12-8-6-5-7-9-12/h5-11H,3-4H2,1-2H3,(H,16,17,18). The largest absolute Gasteiger partial charge is 0.338 e. The van der Waals surface area contributed by atoms with Crippen LogP contribution in [0.25, 0.3) is 0 Å². The minimum atomic E-state index is -0.0755. The first-order valence-electron chi connectivity index (χ1n) is 6.69. The molecule has 0 radical (unpaired) electrons. The number of rotatable bonds is 5. The van der Waals surface area contributed by atoms with Gasteiger partial charge in [0.2, 0.25) is 5.95 Å². The molecule has 0 saturated carbocycles. The third kappa shape index (κ3) is 3.32. The smallest absolute Gasteiger partial charge is 0.272 e. The Morgan fingerprint density at radius 3 is 2.50 bits per heavy atom. The molecule has 0 bridgehead atoms. The van der Waals surface area contributed by atoms with Gasteiger partial charge in [0.15, 0.2) is 0 Å². The van der Waals surface area contributed by atoms with E-state index < -0.39 is 0 Å². The number of para-hydroxylation sites is 1. The minimum Gasteiger partial charge on any atom is -0.338 e. The van der Waals surface area contributed by atoms with Crippen molar-refractivity contribution in [2.45, 2.75) is 13.8 Å². The molecule has 0 fully saturated rings. The Morgan fingerprint density at radius 1 is 1.15 bits per heavy atom. The highest BCUT2D eigenvalue weighted by atomic mass is 16.2. The predicted molar refractivity (Wildman–Crippen MR) is 79.0 cm³/mol. The van der Waals surface area contributed by atoms with Crippen LogP contribution in [0, 0.1) is 0 Å². The Kier molecular flexibility index (Phi) is 4.65. The van der Waals surface area contributed by atoms with Crippen LogP contribution in [-0.4, -0.2) is 33.9 Å². The van der Waals surface area contributed by atoms with Crippen LogP contribution in [-0.2, 0) is 0 Å². The molecule has 5 heteroatoms. The average molecular weight is 270 g/mol. The molecule has 1 heterocycles. The van der Waals surface area contributed by atoms with E-state index in [0.29, 0.717) is 24.7 Å². The van der Waals surface area contributed by atoms with Crippen molar-refractivity contribution < 1.29 is 4.79 Å². The lowest BCUT2D eigenvalue weighted by Crippen LogP contribution is -2.31. The highest BCUT2D eigenvalue weighted by molar-refractivity contribution is 5.92. The Labute approximate surface area is 118 Å². The zero-order valence-electron chi connectivity index (χ0n) is 11.7. The molecule has 0 aliphatic heterocycles. The zero-order valence-corrected chi connectivity index (χ0v) is 11.7. The summed E-state index contributed by atoms with van der Waals surface area (Å²) in [7, 11) is 0. The van der Waals surface area contributed by atoms with E-state index in [9.17, 15) is 4.79 Å². The van der Waals surface area contributed by atoms with Crippen LogP contribution in [0.2, 0.25) is 0 Å². The highest BCUT2D eigenvalue weighted by Gasteiger charge is 2.14. The summed E-state index contributed by atoms with van der Waals surface area (Å²) in [4.78, 5) is 22.4. The number of hydrogen-bond donors (Lipinski definition) is 1. The summed E-state index contributed by atoms with van der Waals surface area (Å²) in [5.41, 5.74) is 1.29. The Bertz CT molecular complexity index is 567. The number of hydrogen-bond acceptors (Lipinski definition) is 4. The van der Waals surface area contributed by atoms with Crippen molar-refractivity contribution >= 4 is 17.5 Å². The number of carbonyl (C=O) groups is 1. The average Bonchev–Trinajstić information content (AvgIpc) is 2.49. The first kappa shape index (κ1) is 14.0. The van der Waals surface area contributed by atoms with Crippen molar-refractivity contribution in [2.24, 2.45) is 0 Å². The first-order valence-corrected chi connectivity index (χ1v) is 6.69. The molecule has 0 spiro atoms. The van der Waals surface area contributed by atoms with Crippen LogP contribution in [0.15, 0.2) is 42.6 Å². The molecule has 0 atom stereocenters. The summed E-state index contributed by atoms with van der Waals surface area (Å²) >= 11 is 0. The minimum absolute atomic E-state index is 0.0755. The highest BCUT2D eigenvalue weighted by Crippen LogP contribution is 2.12. The van der Waals surface area contributed by atoms with Gasteiger partial charge < -0.3 is 10.2 Å². The number of amides is 1. The van der Waals surface area contributed by atoms with Crippen LogP contribution in [0.5, 0.6) is 0 Å². The number of nitrogens with zero attached hydrogens (tertiary/aromatic N) is 3. The molecule has 20 heavy (non-hydrogen) atoms. The van der Waals surface area contributed by atoms with Crippen LogP contribution in [0.1, 0.15) is 24.3 Å². The van der Waals surface area contributed by atoms with E-state index in [-0.39, 0.29) is 5.91 Å². The molecule has 1 aromatic carbocycles. The summed E-state index contributed by atoms with van der Waals surface area (Å²) in [5, 5.41) is 3.08. The van der Waals surface area contributed by atoms with Gasteiger partial charge in [0, 0.05) is 25.0 Å². The van der Waals surface area contributed by atoms with Gasteiger partial charge in [-0.3, -0.25) is 4.79 Å². The molecular formula is C15H18N4O. The van der Waals surface area contributed by atoms with Gasteiger partial charge in [0.1, 0.15) is 5.69 Å². The third-order valence-corrected chi connectivity index (χ3v) is 2.96. The van der Waals surface area contributed by atoms with Crippen LogP contribution < -0.4 is 5.32 Å². The second-order valence-corrected chi connectivity index (χ2v) is 4.23. The zero-order chi connectivity index (χ0) is 14.4. The molecule has 1 aromatic heterocycles. The predicted octanol–water partition coefficient (Wildman–Crippen LogP) is 2.70. The van der Waals surface area contributed by atoms with Gasteiger partial charge in [-0.05, 0) is 32.0 Å². The molecule has 104 valence electrons. The fourth-order valence-electron chi connectivity index (χ4n) is 1.86. The molecule has 0 aliphatic rings. The number of aromatic nitrogens is 2. The Hall–Kier alpha value is -2.43. The van der Waals surface area contributed by atoms with Crippen molar-refractivity contribution in [3.8, 4) is 0 Å². The lowest BCUT2D eigenvalue weighted by atomic mass is 10.3. The van der Waals surface area contributed by atoms with E-state index in [1.54, 1.807) is 17.2 Å². The van der Waals surface area contributed by atoms with Crippen molar-refractivity contribution in [2.75, 3.05) is 18.4 Å². The van der Waals surface area contributed by atoms with E-state index in [1.165, 1.54) is 0 Å². The fraction of sp³-hybridized carbons (Fsp3) is 0.267. The molecule has 2 rings (SSSR count). The fourth-order valence-corrected chi connectivity index (χ4v) is 1.86. The Morgan fingerprint density at radius 2 is 1.85 bits per heavy atom. The van der Waals surface area contributed by atoms with Gasteiger partial charge >= 0.3 is 0 Å². The number of anilines is 2.